The van der Waals surface area contributed by atoms with Gasteiger partial charge in [0.25, 0.3) is 0 Å². The van der Waals surface area contributed by atoms with E-state index in [1.807, 2.05) is 0 Å². The number of amides is 1. The third-order valence-electron chi connectivity index (χ3n) is 5.56. The SMILES string of the molecule is CCOC(=O)c1c(NC(=O)CS(=O)(=O)c2nnc(-c3cc(OC)c(OC)c(OC)c3)o2)sc2c1CCC2. The summed E-state index contributed by atoms with van der Waals surface area (Å²) in [4.78, 5) is 26.2. The van der Waals surface area contributed by atoms with Gasteiger partial charge in [0.15, 0.2) is 11.5 Å². The Kier molecular flexibility index (Phi) is 7.68. The van der Waals surface area contributed by atoms with Crippen molar-refractivity contribution in [2.75, 3.05) is 39.0 Å². The molecule has 0 spiro atoms. The predicted octanol–water partition coefficient (Wildman–Crippen LogP) is 2.90. The van der Waals surface area contributed by atoms with E-state index in [9.17, 15) is 18.0 Å². The fraction of sp³-hybridized carbons (Fsp3) is 0.391. The predicted molar refractivity (Wildman–Crippen MR) is 132 cm³/mol. The van der Waals surface area contributed by atoms with E-state index in [0.29, 0.717) is 29.2 Å². The van der Waals surface area contributed by atoms with Gasteiger partial charge < -0.3 is 28.7 Å². The molecule has 0 radical (unpaired) electrons. The lowest BCUT2D eigenvalue weighted by Crippen LogP contribution is -2.24. The molecule has 0 saturated carbocycles. The van der Waals surface area contributed by atoms with Crippen molar-refractivity contribution >= 4 is 38.1 Å². The van der Waals surface area contributed by atoms with E-state index in [1.165, 1.54) is 44.8 Å². The van der Waals surface area contributed by atoms with Gasteiger partial charge in [-0.25, -0.2) is 13.2 Å². The van der Waals surface area contributed by atoms with E-state index in [0.717, 1.165) is 23.3 Å². The average Bonchev–Trinajstić information content (AvgIpc) is 3.59. The van der Waals surface area contributed by atoms with Gasteiger partial charge in [0.1, 0.15) is 10.8 Å². The number of methoxy groups -OCH3 is 3. The van der Waals surface area contributed by atoms with Crippen molar-refractivity contribution in [3.05, 3.63) is 28.1 Å². The first-order chi connectivity index (χ1) is 17.7. The third kappa shape index (κ3) is 5.25. The summed E-state index contributed by atoms with van der Waals surface area (Å²) in [7, 11) is 0.00534. The van der Waals surface area contributed by atoms with Crippen LogP contribution >= 0.6 is 11.3 Å². The molecule has 37 heavy (non-hydrogen) atoms. The van der Waals surface area contributed by atoms with Gasteiger partial charge in [0.2, 0.25) is 27.4 Å². The van der Waals surface area contributed by atoms with Crippen molar-refractivity contribution < 1.29 is 41.4 Å². The Morgan fingerprint density at radius 1 is 1.08 bits per heavy atom. The molecule has 198 valence electrons. The number of hydrogen-bond donors (Lipinski definition) is 1. The second kappa shape index (κ2) is 10.8. The Hall–Kier alpha value is -3.65. The first-order valence-electron chi connectivity index (χ1n) is 11.2. The molecule has 0 saturated heterocycles. The fourth-order valence-electron chi connectivity index (χ4n) is 3.97. The Morgan fingerprint density at radius 3 is 2.41 bits per heavy atom. The van der Waals surface area contributed by atoms with E-state index < -0.39 is 32.7 Å². The van der Waals surface area contributed by atoms with Crippen LogP contribution in [0.4, 0.5) is 5.00 Å². The first-order valence-corrected chi connectivity index (χ1v) is 13.7. The number of carbonyl (C=O) groups is 2. The molecular weight excluding hydrogens is 526 g/mol. The summed E-state index contributed by atoms with van der Waals surface area (Å²) in [5.74, 6) is -1.55. The second-order valence-corrected chi connectivity index (χ2v) is 10.8. The number of aryl methyl sites for hydroxylation is 1. The van der Waals surface area contributed by atoms with Crippen LogP contribution in [0.2, 0.25) is 0 Å². The van der Waals surface area contributed by atoms with Crippen LogP contribution in [0.15, 0.2) is 21.8 Å². The summed E-state index contributed by atoms with van der Waals surface area (Å²) >= 11 is 1.25. The second-order valence-electron chi connectivity index (χ2n) is 7.88. The van der Waals surface area contributed by atoms with E-state index in [4.69, 9.17) is 23.4 Å². The molecule has 1 N–H and O–H groups in total. The standard InChI is InChI=1S/C23H25N3O9S2/c1-5-34-22(28)18-13-7-6-8-16(13)36-21(18)24-17(27)11-37(29,30)23-26-25-20(35-23)12-9-14(31-2)19(33-4)15(10-12)32-3/h9-10H,5-8,11H2,1-4H3,(H,24,27). The number of hydrogen-bond acceptors (Lipinski definition) is 12. The van der Waals surface area contributed by atoms with Gasteiger partial charge in [-0.2, -0.15) is 0 Å². The monoisotopic (exact) mass is 551 g/mol. The molecule has 3 aromatic rings. The molecule has 0 atom stereocenters. The number of nitrogens with zero attached hydrogens (tertiary/aromatic N) is 2. The topological polar surface area (TPSA) is 156 Å². The molecule has 1 aliphatic carbocycles. The molecule has 0 fully saturated rings. The zero-order chi connectivity index (χ0) is 26.7. The normalized spacial score (nSPS) is 12.6. The highest BCUT2D eigenvalue weighted by Gasteiger charge is 2.31. The molecule has 4 rings (SSSR count). The summed E-state index contributed by atoms with van der Waals surface area (Å²) in [6.07, 6.45) is 2.38. The van der Waals surface area contributed by atoms with E-state index in [1.54, 1.807) is 6.92 Å². The molecule has 1 aromatic carbocycles. The fourth-order valence-corrected chi connectivity index (χ4v) is 6.17. The molecule has 1 amide bonds. The minimum absolute atomic E-state index is 0.127. The summed E-state index contributed by atoms with van der Waals surface area (Å²) in [6, 6.07) is 3.04. The smallest absolute Gasteiger partial charge is 0.341 e. The number of aromatic nitrogens is 2. The Bertz CT molecular complexity index is 1420. The van der Waals surface area contributed by atoms with Crippen molar-refractivity contribution in [2.45, 2.75) is 31.4 Å². The highest BCUT2D eigenvalue weighted by atomic mass is 32.2. The van der Waals surface area contributed by atoms with Crippen LogP contribution in [0.5, 0.6) is 17.2 Å². The van der Waals surface area contributed by atoms with E-state index in [-0.39, 0.29) is 23.1 Å². The largest absolute Gasteiger partial charge is 0.493 e. The minimum atomic E-state index is -4.30. The molecular formula is C23H25N3O9S2. The molecule has 12 nitrogen and oxygen atoms in total. The summed E-state index contributed by atoms with van der Waals surface area (Å²) < 4.78 is 52.1. The Labute approximate surface area is 216 Å². The number of benzene rings is 1. The van der Waals surface area contributed by atoms with Crippen molar-refractivity contribution in [3.8, 4) is 28.7 Å². The molecule has 0 bridgehead atoms. The maximum Gasteiger partial charge on any atom is 0.341 e. The minimum Gasteiger partial charge on any atom is -0.493 e. The zero-order valence-electron chi connectivity index (χ0n) is 20.6. The van der Waals surface area contributed by atoms with Gasteiger partial charge in [0, 0.05) is 10.4 Å². The molecule has 0 unspecified atom stereocenters. The third-order valence-corrected chi connectivity index (χ3v) is 8.11. The maximum absolute atomic E-state index is 12.9. The molecule has 0 aliphatic heterocycles. The van der Waals surface area contributed by atoms with Gasteiger partial charge in [-0.05, 0) is 43.9 Å². The summed E-state index contributed by atoms with van der Waals surface area (Å²) in [5.41, 5.74) is 1.45. The van der Waals surface area contributed by atoms with E-state index >= 15 is 0 Å². The van der Waals surface area contributed by atoms with Crippen LogP contribution in [-0.2, 0) is 32.2 Å². The van der Waals surface area contributed by atoms with Crippen LogP contribution in [0.3, 0.4) is 0 Å². The number of carbonyl (C=O) groups excluding carboxylic acids is 2. The maximum atomic E-state index is 12.9. The van der Waals surface area contributed by atoms with Crippen molar-refractivity contribution in [3.63, 3.8) is 0 Å². The van der Waals surface area contributed by atoms with Gasteiger partial charge >= 0.3 is 11.2 Å². The van der Waals surface area contributed by atoms with Crippen molar-refractivity contribution in [2.24, 2.45) is 0 Å². The highest BCUT2D eigenvalue weighted by Crippen LogP contribution is 2.41. The molecule has 2 heterocycles. The van der Waals surface area contributed by atoms with Crippen molar-refractivity contribution in [1.29, 1.82) is 0 Å². The van der Waals surface area contributed by atoms with E-state index in [2.05, 4.69) is 15.5 Å². The van der Waals surface area contributed by atoms with Gasteiger partial charge in [-0.15, -0.1) is 16.4 Å². The molecule has 2 aromatic heterocycles. The van der Waals surface area contributed by atoms with Crippen LogP contribution < -0.4 is 19.5 Å². The number of sulfone groups is 1. The lowest BCUT2D eigenvalue weighted by molar-refractivity contribution is -0.113. The summed E-state index contributed by atoms with van der Waals surface area (Å²) in [5, 5.41) is 9.51. The number of esters is 1. The highest BCUT2D eigenvalue weighted by molar-refractivity contribution is 7.91. The van der Waals surface area contributed by atoms with Crippen LogP contribution in [0.25, 0.3) is 11.5 Å². The lowest BCUT2D eigenvalue weighted by atomic mass is 10.1. The lowest BCUT2D eigenvalue weighted by Gasteiger charge is -2.12. The van der Waals surface area contributed by atoms with Gasteiger partial charge in [0.05, 0.1) is 33.5 Å². The Balaban J connectivity index is 1.55. The quantitative estimate of drug-likeness (QED) is 0.370. The number of nitrogens with one attached hydrogen (secondary N) is 1. The average molecular weight is 552 g/mol. The number of fused-ring (bicyclic) bond motifs is 1. The molecule has 14 heteroatoms. The van der Waals surface area contributed by atoms with Crippen LogP contribution in [0.1, 0.15) is 34.1 Å². The first kappa shape index (κ1) is 26.4. The van der Waals surface area contributed by atoms with Crippen molar-refractivity contribution in [1.82, 2.24) is 10.2 Å². The zero-order valence-corrected chi connectivity index (χ0v) is 22.2. The van der Waals surface area contributed by atoms with Crippen LogP contribution in [0, 0.1) is 0 Å². The Morgan fingerprint density at radius 2 is 1.78 bits per heavy atom. The number of rotatable bonds is 10. The number of anilines is 1. The molecule has 1 aliphatic rings. The number of thiophene rings is 1. The number of ether oxygens (including phenoxy) is 4. The van der Waals surface area contributed by atoms with Crippen LogP contribution in [-0.4, -0.2) is 64.2 Å². The summed E-state index contributed by atoms with van der Waals surface area (Å²) in [6.45, 7) is 1.86. The van der Waals surface area contributed by atoms with Gasteiger partial charge in [-0.1, -0.05) is 5.10 Å². The van der Waals surface area contributed by atoms with Gasteiger partial charge in [-0.3, -0.25) is 4.79 Å².